The molecule has 0 bridgehead atoms. The van der Waals surface area contributed by atoms with Crippen molar-refractivity contribution in [3.63, 3.8) is 0 Å². The van der Waals surface area contributed by atoms with Gasteiger partial charge in [-0.3, -0.25) is 4.79 Å². The summed E-state index contributed by atoms with van der Waals surface area (Å²) >= 11 is 0. The lowest BCUT2D eigenvalue weighted by molar-refractivity contribution is -0.136. The van der Waals surface area contributed by atoms with Crippen LogP contribution < -0.4 is 0 Å². The summed E-state index contributed by atoms with van der Waals surface area (Å²) in [7, 11) is 0. The molecule has 0 amide bonds. The largest absolute Gasteiger partial charge is 0.481 e. The Bertz CT molecular complexity index is 420. The molecule has 0 saturated carbocycles. The summed E-state index contributed by atoms with van der Waals surface area (Å²) < 4.78 is 7.50. The first-order chi connectivity index (χ1) is 8.09. The third-order valence-electron chi connectivity index (χ3n) is 3.24. The Morgan fingerprint density at radius 2 is 2.35 bits per heavy atom. The van der Waals surface area contributed by atoms with Crippen LogP contribution in [-0.4, -0.2) is 27.5 Å². The van der Waals surface area contributed by atoms with Crippen molar-refractivity contribution in [2.24, 2.45) is 0 Å². The smallest absolute Gasteiger partial charge is 0.303 e. The number of ether oxygens (including phenoxy) is 1. The molecule has 1 fully saturated rings. The Morgan fingerprint density at radius 3 is 2.94 bits per heavy atom. The molecule has 1 N–H and O–H groups in total. The second-order valence-electron chi connectivity index (χ2n) is 4.46. The van der Waals surface area contributed by atoms with Crippen LogP contribution in [-0.2, 0) is 16.0 Å². The van der Waals surface area contributed by atoms with E-state index in [0.717, 1.165) is 36.4 Å². The first-order valence-corrected chi connectivity index (χ1v) is 5.97. The SMILES string of the molecule is Cc1nn(C2CCCO2)c(C)c1CCC(=O)O. The highest BCUT2D eigenvalue weighted by Crippen LogP contribution is 2.26. The number of aryl methyl sites for hydroxylation is 1. The Balaban J connectivity index is 2.18. The van der Waals surface area contributed by atoms with Gasteiger partial charge < -0.3 is 9.84 Å². The molecule has 2 rings (SSSR count). The fraction of sp³-hybridized carbons (Fsp3) is 0.667. The number of carboxylic acid groups (broad SMARTS) is 1. The molecule has 0 aromatic carbocycles. The maximum absolute atomic E-state index is 10.6. The number of hydrogen-bond donors (Lipinski definition) is 1. The van der Waals surface area contributed by atoms with Crippen LogP contribution >= 0.6 is 0 Å². The van der Waals surface area contributed by atoms with Gasteiger partial charge in [0.25, 0.3) is 0 Å². The van der Waals surface area contributed by atoms with Crippen molar-refractivity contribution < 1.29 is 14.6 Å². The molecule has 17 heavy (non-hydrogen) atoms. The number of carboxylic acids is 1. The van der Waals surface area contributed by atoms with Gasteiger partial charge in [-0.1, -0.05) is 0 Å². The van der Waals surface area contributed by atoms with Crippen molar-refractivity contribution >= 4 is 5.97 Å². The van der Waals surface area contributed by atoms with E-state index < -0.39 is 5.97 Å². The van der Waals surface area contributed by atoms with E-state index in [9.17, 15) is 4.79 Å². The first kappa shape index (κ1) is 12.1. The summed E-state index contributed by atoms with van der Waals surface area (Å²) in [5, 5.41) is 13.2. The number of aliphatic carboxylic acids is 1. The van der Waals surface area contributed by atoms with Gasteiger partial charge in [0.15, 0.2) is 6.23 Å². The molecule has 2 heterocycles. The number of carbonyl (C=O) groups is 1. The molecule has 1 aromatic rings. The van der Waals surface area contributed by atoms with Crippen LogP contribution in [0.5, 0.6) is 0 Å². The Morgan fingerprint density at radius 1 is 1.59 bits per heavy atom. The number of rotatable bonds is 4. The molecule has 94 valence electrons. The second kappa shape index (κ2) is 4.87. The van der Waals surface area contributed by atoms with Crippen LogP contribution in [0.15, 0.2) is 0 Å². The highest BCUT2D eigenvalue weighted by Gasteiger charge is 2.22. The summed E-state index contributed by atoms with van der Waals surface area (Å²) in [6, 6.07) is 0. The predicted octanol–water partition coefficient (Wildman–Crippen LogP) is 1.83. The van der Waals surface area contributed by atoms with E-state index in [1.165, 1.54) is 0 Å². The van der Waals surface area contributed by atoms with Crippen molar-refractivity contribution in [2.45, 2.75) is 45.8 Å². The van der Waals surface area contributed by atoms with Crippen molar-refractivity contribution in [1.29, 1.82) is 0 Å². The summed E-state index contributed by atoms with van der Waals surface area (Å²) in [6.45, 7) is 4.70. The molecule has 0 radical (unpaired) electrons. The monoisotopic (exact) mass is 238 g/mol. The van der Waals surface area contributed by atoms with Crippen molar-refractivity contribution in [2.75, 3.05) is 6.61 Å². The average Bonchev–Trinajstić information content (AvgIpc) is 2.85. The van der Waals surface area contributed by atoms with Crippen LogP contribution in [0.4, 0.5) is 0 Å². The van der Waals surface area contributed by atoms with E-state index in [1.807, 2.05) is 18.5 Å². The van der Waals surface area contributed by atoms with Crippen LogP contribution in [0.3, 0.4) is 0 Å². The summed E-state index contributed by atoms with van der Waals surface area (Å²) in [5.74, 6) is -0.770. The highest BCUT2D eigenvalue weighted by atomic mass is 16.5. The summed E-state index contributed by atoms with van der Waals surface area (Å²) in [5.41, 5.74) is 3.00. The van der Waals surface area contributed by atoms with Gasteiger partial charge in [0.1, 0.15) is 0 Å². The van der Waals surface area contributed by atoms with Gasteiger partial charge in [0.2, 0.25) is 0 Å². The van der Waals surface area contributed by atoms with Crippen LogP contribution in [0.2, 0.25) is 0 Å². The van der Waals surface area contributed by atoms with Crippen LogP contribution in [0.25, 0.3) is 0 Å². The molecular formula is C12H18N2O3. The number of nitrogens with zero attached hydrogens (tertiary/aromatic N) is 2. The molecule has 1 aliphatic heterocycles. The topological polar surface area (TPSA) is 64.4 Å². The molecular weight excluding hydrogens is 220 g/mol. The van der Waals surface area contributed by atoms with Crippen molar-refractivity contribution in [3.05, 3.63) is 17.0 Å². The van der Waals surface area contributed by atoms with Crippen LogP contribution in [0.1, 0.15) is 42.4 Å². The van der Waals surface area contributed by atoms with Crippen LogP contribution in [0, 0.1) is 13.8 Å². The minimum absolute atomic E-state index is 0.0345. The second-order valence-corrected chi connectivity index (χ2v) is 4.46. The normalized spacial score (nSPS) is 19.8. The van der Waals surface area contributed by atoms with Gasteiger partial charge >= 0.3 is 5.97 Å². The van der Waals surface area contributed by atoms with E-state index in [1.54, 1.807) is 0 Å². The Hall–Kier alpha value is -1.36. The van der Waals surface area contributed by atoms with Gasteiger partial charge in [-0.25, -0.2) is 4.68 Å². The summed E-state index contributed by atoms with van der Waals surface area (Å²) in [6.07, 6.45) is 2.78. The highest BCUT2D eigenvalue weighted by molar-refractivity contribution is 5.67. The molecule has 5 nitrogen and oxygen atoms in total. The molecule has 1 aromatic heterocycles. The lowest BCUT2D eigenvalue weighted by Crippen LogP contribution is -2.11. The van der Waals surface area contributed by atoms with E-state index in [0.29, 0.717) is 6.42 Å². The fourth-order valence-corrected chi connectivity index (χ4v) is 2.32. The first-order valence-electron chi connectivity index (χ1n) is 5.97. The molecule has 1 saturated heterocycles. The number of aromatic nitrogens is 2. The molecule has 0 spiro atoms. The standard InChI is InChI=1S/C12H18N2O3/c1-8-10(5-6-12(15)16)9(2)14(13-8)11-4-3-7-17-11/h11H,3-7H2,1-2H3,(H,15,16). The maximum Gasteiger partial charge on any atom is 0.303 e. The molecule has 0 aliphatic carbocycles. The molecule has 1 aliphatic rings. The van der Waals surface area contributed by atoms with Gasteiger partial charge in [-0.2, -0.15) is 5.10 Å². The lowest BCUT2D eigenvalue weighted by Gasteiger charge is -2.12. The average molecular weight is 238 g/mol. The molecule has 1 atom stereocenters. The zero-order valence-electron chi connectivity index (χ0n) is 10.3. The quantitative estimate of drug-likeness (QED) is 0.869. The Kier molecular flexibility index (Phi) is 3.47. The lowest BCUT2D eigenvalue weighted by atomic mass is 10.1. The molecule has 5 heteroatoms. The zero-order chi connectivity index (χ0) is 12.4. The van der Waals surface area contributed by atoms with Crippen molar-refractivity contribution in [3.8, 4) is 0 Å². The zero-order valence-corrected chi connectivity index (χ0v) is 10.3. The fourth-order valence-electron chi connectivity index (χ4n) is 2.32. The van der Waals surface area contributed by atoms with E-state index in [4.69, 9.17) is 9.84 Å². The maximum atomic E-state index is 10.6. The summed E-state index contributed by atoms with van der Waals surface area (Å²) in [4.78, 5) is 10.6. The minimum atomic E-state index is -0.770. The Labute approximate surface area is 100 Å². The van der Waals surface area contributed by atoms with Gasteiger partial charge in [-0.15, -0.1) is 0 Å². The van der Waals surface area contributed by atoms with Gasteiger partial charge in [0, 0.05) is 18.7 Å². The minimum Gasteiger partial charge on any atom is -0.481 e. The molecule has 1 unspecified atom stereocenters. The van der Waals surface area contributed by atoms with E-state index in [-0.39, 0.29) is 12.6 Å². The number of hydrogen-bond acceptors (Lipinski definition) is 3. The van der Waals surface area contributed by atoms with Gasteiger partial charge in [0.05, 0.1) is 5.69 Å². The van der Waals surface area contributed by atoms with Gasteiger partial charge in [-0.05, 0) is 38.7 Å². The third kappa shape index (κ3) is 2.49. The van der Waals surface area contributed by atoms with Crippen molar-refractivity contribution in [1.82, 2.24) is 9.78 Å². The van der Waals surface area contributed by atoms with E-state index in [2.05, 4.69) is 5.10 Å². The van der Waals surface area contributed by atoms with E-state index >= 15 is 0 Å². The third-order valence-corrected chi connectivity index (χ3v) is 3.24. The predicted molar refractivity (Wildman–Crippen MR) is 61.9 cm³/mol.